The van der Waals surface area contributed by atoms with Crippen molar-refractivity contribution in [3.63, 3.8) is 0 Å². The Labute approximate surface area is 119 Å². The minimum atomic E-state index is 0.254. The summed E-state index contributed by atoms with van der Waals surface area (Å²) >= 11 is 0. The van der Waals surface area contributed by atoms with Crippen LogP contribution in [0.5, 0.6) is 0 Å². The van der Waals surface area contributed by atoms with Gasteiger partial charge in [-0.25, -0.2) is 9.97 Å². The molecule has 108 valence electrons. The van der Waals surface area contributed by atoms with Crippen LogP contribution in [-0.4, -0.2) is 40.8 Å². The van der Waals surface area contributed by atoms with Gasteiger partial charge in [0.2, 0.25) is 0 Å². The minimum Gasteiger partial charge on any atom is -0.383 e. The lowest BCUT2D eigenvalue weighted by Gasteiger charge is -2.18. The van der Waals surface area contributed by atoms with Crippen molar-refractivity contribution in [1.82, 2.24) is 14.5 Å². The summed E-state index contributed by atoms with van der Waals surface area (Å²) in [6, 6.07) is 4.22. The lowest BCUT2D eigenvalue weighted by atomic mass is 10.1. The van der Waals surface area contributed by atoms with Gasteiger partial charge >= 0.3 is 0 Å². The molecule has 1 atom stereocenters. The number of rotatable bonds is 8. The van der Waals surface area contributed by atoms with Crippen molar-refractivity contribution in [2.24, 2.45) is 5.73 Å². The van der Waals surface area contributed by atoms with E-state index in [1.807, 2.05) is 29.1 Å². The van der Waals surface area contributed by atoms with Crippen molar-refractivity contribution >= 4 is 5.69 Å². The Balaban J connectivity index is 1.98. The van der Waals surface area contributed by atoms with Crippen molar-refractivity contribution in [3.8, 4) is 5.82 Å². The number of hydrogen-bond acceptors (Lipinski definition) is 5. The van der Waals surface area contributed by atoms with Crippen LogP contribution in [0.2, 0.25) is 0 Å². The molecule has 6 nitrogen and oxygen atoms in total. The monoisotopic (exact) mass is 275 g/mol. The van der Waals surface area contributed by atoms with E-state index in [0.29, 0.717) is 13.2 Å². The molecule has 0 fully saturated rings. The maximum atomic E-state index is 5.55. The first-order chi connectivity index (χ1) is 9.83. The summed E-state index contributed by atoms with van der Waals surface area (Å²) in [6.45, 7) is 1.35. The van der Waals surface area contributed by atoms with Gasteiger partial charge in [-0.3, -0.25) is 4.57 Å². The zero-order valence-corrected chi connectivity index (χ0v) is 11.7. The Kier molecular flexibility index (Phi) is 5.52. The molecule has 2 aromatic rings. The topological polar surface area (TPSA) is 78.0 Å². The van der Waals surface area contributed by atoms with E-state index in [1.165, 1.54) is 0 Å². The van der Waals surface area contributed by atoms with Gasteiger partial charge in [0.1, 0.15) is 12.1 Å². The maximum Gasteiger partial charge on any atom is 0.137 e. The van der Waals surface area contributed by atoms with Gasteiger partial charge in [-0.2, -0.15) is 0 Å². The van der Waals surface area contributed by atoms with Crippen molar-refractivity contribution in [1.29, 1.82) is 0 Å². The second-order valence-electron chi connectivity index (χ2n) is 4.60. The summed E-state index contributed by atoms with van der Waals surface area (Å²) < 4.78 is 7.09. The Bertz CT molecular complexity index is 483. The molecule has 0 radical (unpaired) electrons. The molecule has 0 aliphatic rings. The van der Waals surface area contributed by atoms with E-state index in [2.05, 4.69) is 15.3 Å². The lowest BCUT2D eigenvalue weighted by Crippen LogP contribution is -2.25. The number of imidazole rings is 1. The fourth-order valence-corrected chi connectivity index (χ4v) is 2.02. The summed E-state index contributed by atoms with van der Waals surface area (Å²) in [7, 11) is 1.71. The molecule has 0 amide bonds. The molecule has 1 unspecified atom stereocenters. The molecule has 3 N–H and O–H groups in total. The van der Waals surface area contributed by atoms with E-state index >= 15 is 0 Å². The predicted molar refractivity (Wildman–Crippen MR) is 78.9 cm³/mol. The second-order valence-corrected chi connectivity index (χ2v) is 4.60. The smallest absolute Gasteiger partial charge is 0.137 e. The van der Waals surface area contributed by atoms with E-state index in [4.69, 9.17) is 10.5 Å². The number of hydrogen-bond donors (Lipinski definition) is 2. The number of nitrogens with zero attached hydrogens (tertiary/aromatic N) is 3. The molecule has 0 saturated heterocycles. The lowest BCUT2D eigenvalue weighted by molar-refractivity contribution is 0.182. The number of nitrogens with one attached hydrogen (secondary N) is 1. The van der Waals surface area contributed by atoms with Crippen LogP contribution in [0.25, 0.3) is 5.82 Å². The summed E-state index contributed by atoms with van der Waals surface area (Å²) in [6.07, 6.45) is 9.10. The average molecular weight is 275 g/mol. The third-order valence-corrected chi connectivity index (χ3v) is 3.01. The molecule has 0 spiro atoms. The average Bonchev–Trinajstić information content (AvgIpc) is 3.00. The first-order valence-electron chi connectivity index (χ1n) is 6.73. The summed E-state index contributed by atoms with van der Waals surface area (Å²) in [5, 5.41) is 3.42. The van der Waals surface area contributed by atoms with Gasteiger partial charge in [0.15, 0.2) is 0 Å². The normalized spacial score (nSPS) is 12.3. The molecule has 2 rings (SSSR count). The summed E-state index contributed by atoms with van der Waals surface area (Å²) in [5.74, 6) is 0.846. The summed E-state index contributed by atoms with van der Waals surface area (Å²) in [4.78, 5) is 8.42. The van der Waals surface area contributed by atoms with Crippen LogP contribution in [0.1, 0.15) is 12.8 Å². The van der Waals surface area contributed by atoms with E-state index in [9.17, 15) is 0 Å². The predicted octanol–water partition coefficient (Wildman–Crippen LogP) is 1.43. The van der Waals surface area contributed by atoms with Crippen LogP contribution in [0.15, 0.2) is 37.1 Å². The number of ether oxygens (including phenoxy) is 1. The molecule has 2 heterocycles. The van der Waals surface area contributed by atoms with Gasteiger partial charge in [-0.1, -0.05) is 0 Å². The highest BCUT2D eigenvalue weighted by atomic mass is 16.5. The molecular weight excluding hydrogens is 254 g/mol. The number of methoxy groups -OCH3 is 1. The Morgan fingerprint density at radius 1 is 1.45 bits per heavy atom. The van der Waals surface area contributed by atoms with E-state index < -0.39 is 0 Å². The van der Waals surface area contributed by atoms with Gasteiger partial charge in [0.05, 0.1) is 18.5 Å². The van der Waals surface area contributed by atoms with Crippen LogP contribution in [0.4, 0.5) is 5.69 Å². The standard InChI is InChI=1S/C14H21N5O/c1-20-10-13(3-2-6-15)18-12-4-5-14(17-9-12)19-8-7-16-11-19/h4-5,7-9,11,13,18H,2-3,6,10,15H2,1H3. The molecule has 0 saturated carbocycles. The van der Waals surface area contributed by atoms with Gasteiger partial charge in [-0.15, -0.1) is 0 Å². The molecule has 0 bridgehead atoms. The molecule has 0 aromatic carbocycles. The van der Waals surface area contributed by atoms with Crippen LogP contribution >= 0.6 is 0 Å². The highest BCUT2D eigenvalue weighted by Crippen LogP contribution is 2.12. The molecule has 6 heteroatoms. The van der Waals surface area contributed by atoms with E-state index in [0.717, 1.165) is 24.3 Å². The molecule has 0 aliphatic carbocycles. The quantitative estimate of drug-likeness (QED) is 0.762. The largest absolute Gasteiger partial charge is 0.383 e. The first-order valence-corrected chi connectivity index (χ1v) is 6.73. The van der Waals surface area contributed by atoms with E-state index in [1.54, 1.807) is 19.6 Å². The third kappa shape index (κ3) is 4.04. The SMILES string of the molecule is COCC(CCCN)Nc1ccc(-n2ccnc2)nc1. The Hall–Kier alpha value is -1.92. The van der Waals surface area contributed by atoms with Crippen molar-refractivity contribution in [3.05, 3.63) is 37.1 Å². The fourth-order valence-electron chi connectivity index (χ4n) is 2.02. The Morgan fingerprint density at radius 3 is 2.95 bits per heavy atom. The van der Waals surface area contributed by atoms with E-state index in [-0.39, 0.29) is 6.04 Å². The molecule has 20 heavy (non-hydrogen) atoms. The zero-order chi connectivity index (χ0) is 14.2. The number of anilines is 1. The molecule has 2 aromatic heterocycles. The van der Waals surface area contributed by atoms with Crippen molar-refractivity contribution < 1.29 is 4.74 Å². The molecular formula is C14H21N5O. The van der Waals surface area contributed by atoms with Gasteiger partial charge in [0, 0.05) is 25.5 Å². The number of aromatic nitrogens is 3. The van der Waals surface area contributed by atoms with Crippen LogP contribution in [0, 0.1) is 0 Å². The first kappa shape index (κ1) is 14.5. The highest BCUT2D eigenvalue weighted by molar-refractivity contribution is 5.44. The zero-order valence-electron chi connectivity index (χ0n) is 11.7. The Morgan fingerprint density at radius 2 is 2.35 bits per heavy atom. The van der Waals surface area contributed by atoms with Crippen LogP contribution < -0.4 is 11.1 Å². The van der Waals surface area contributed by atoms with Crippen LogP contribution in [-0.2, 0) is 4.74 Å². The van der Waals surface area contributed by atoms with Crippen molar-refractivity contribution in [2.75, 3.05) is 25.6 Å². The highest BCUT2D eigenvalue weighted by Gasteiger charge is 2.08. The molecule has 0 aliphatic heterocycles. The minimum absolute atomic E-state index is 0.254. The summed E-state index contributed by atoms with van der Waals surface area (Å²) in [5.41, 5.74) is 6.53. The van der Waals surface area contributed by atoms with Gasteiger partial charge in [-0.05, 0) is 31.5 Å². The fraction of sp³-hybridized carbons (Fsp3) is 0.429. The van der Waals surface area contributed by atoms with Gasteiger partial charge < -0.3 is 15.8 Å². The number of pyridine rings is 1. The number of nitrogens with two attached hydrogens (primary N) is 1. The maximum absolute atomic E-state index is 5.55. The van der Waals surface area contributed by atoms with Gasteiger partial charge in [0.25, 0.3) is 0 Å². The second kappa shape index (κ2) is 7.62. The third-order valence-electron chi connectivity index (χ3n) is 3.01. The van der Waals surface area contributed by atoms with Crippen LogP contribution in [0.3, 0.4) is 0 Å². The van der Waals surface area contributed by atoms with Crippen molar-refractivity contribution in [2.45, 2.75) is 18.9 Å².